The average Bonchev–Trinajstić information content (AvgIpc) is 3.80. The van der Waals surface area contributed by atoms with Crippen molar-refractivity contribution in [3.8, 4) is 0 Å². The first-order valence-electron chi connectivity index (χ1n) is 21.0. The SMILES string of the molecule is Cc1cccc(C(=O)NC2CC(n3cnc4c(NC5CCN(C(=O)COCCOCCNC(=O)CNc6ccc7c(c6)C(=O)N([C@H]6CCC(=O)NC6=O)C7=O)CC5)ncnc43)C2)n1. The van der Waals surface area contributed by atoms with E-state index >= 15 is 0 Å². The number of nitrogens with one attached hydrogen (secondary N) is 5. The maximum atomic E-state index is 13.0. The Labute approximate surface area is 361 Å². The molecule has 1 aromatic carbocycles. The number of anilines is 2. The number of pyridine rings is 1. The number of nitrogens with zero attached hydrogens (tertiary/aromatic N) is 7. The standard InChI is InChI=1S/C42H48N12O9/c1-24-3-2-4-31(48-24)39(58)50-27-17-28(18-27)53-23-47-36-37(45-22-46-38(36)53)49-25-9-12-52(13-10-25)35(57)21-63-16-15-62-14-11-43-34(56)20-44-26-5-6-29-30(19-26)42(61)54(41(29)60)32-7-8-33(55)51-40(32)59/h2-6,19,22-23,25,27-28,32,44H,7-18,20-21H2,1H3,(H,43,56)(H,50,58)(H,45,46,49)(H,51,55,59)/t27?,28?,32-/m0/s1. The third-order valence-corrected chi connectivity index (χ3v) is 11.6. The Balaban J connectivity index is 0.675. The van der Waals surface area contributed by atoms with Gasteiger partial charge < -0.3 is 40.2 Å². The van der Waals surface area contributed by atoms with Gasteiger partial charge in [0.1, 0.15) is 30.2 Å². The van der Waals surface area contributed by atoms with Crippen molar-refractivity contribution in [2.45, 2.75) is 69.6 Å². The van der Waals surface area contributed by atoms with E-state index in [2.05, 4.69) is 46.5 Å². The normalized spacial score (nSPS) is 20.0. The minimum atomic E-state index is -1.06. The number of hydrogen-bond donors (Lipinski definition) is 5. The fourth-order valence-corrected chi connectivity index (χ4v) is 8.11. The van der Waals surface area contributed by atoms with Crippen LogP contribution in [-0.4, -0.2) is 146 Å². The van der Waals surface area contributed by atoms with Gasteiger partial charge in [0.15, 0.2) is 11.5 Å². The number of carbonyl (C=O) groups excluding carboxylic acids is 7. The van der Waals surface area contributed by atoms with E-state index in [0.29, 0.717) is 35.8 Å². The van der Waals surface area contributed by atoms with Crippen LogP contribution in [0.4, 0.5) is 11.5 Å². The van der Waals surface area contributed by atoms with Crippen LogP contribution in [-0.2, 0) is 28.7 Å². The van der Waals surface area contributed by atoms with Crippen molar-refractivity contribution in [1.82, 2.24) is 50.3 Å². The molecule has 7 amide bonds. The first-order chi connectivity index (χ1) is 30.5. The number of amides is 7. The maximum absolute atomic E-state index is 13.0. The highest BCUT2D eigenvalue weighted by atomic mass is 16.5. The summed E-state index contributed by atoms with van der Waals surface area (Å²) in [5, 5.41) is 14.4. The number of aromatic nitrogens is 5. The molecular weight excluding hydrogens is 817 g/mol. The summed E-state index contributed by atoms with van der Waals surface area (Å²) in [7, 11) is 0. The molecule has 21 heteroatoms. The van der Waals surface area contributed by atoms with Gasteiger partial charge in [-0.2, -0.15) is 0 Å². The summed E-state index contributed by atoms with van der Waals surface area (Å²) in [6, 6.07) is 9.11. The number of ether oxygens (including phenoxy) is 2. The highest BCUT2D eigenvalue weighted by Gasteiger charge is 2.44. The number of carbonyl (C=O) groups is 7. The lowest BCUT2D eigenvalue weighted by Crippen LogP contribution is -2.54. The highest BCUT2D eigenvalue weighted by molar-refractivity contribution is 6.23. The van der Waals surface area contributed by atoms with Gasteiger partial charge in [-0.1, -0.05) is 6.07 Å². The van der Waals surface area contributed by atoms with Crippen molar-refractivity contribution in [1.29, 1.82) is 0 Å². The molecule has 0 spiro atoms. The van der Waals surface area contributed by atoms with E-state index < -0.39 is 29.7 Å². The third kappa shape index (κ3) is 9.78. The number of imide groups is 2. The Hall–Kier alpha value is -6.87. The average molecular weight is 865 g/mol. The number of rotatable bonds is 17. The largest absolute Gasteiger partial charge is 0.377 e. The van der Waals surface area contributed by atoms with E-state index in [9.17, 15) is 33.6 Å². The molecule has 8 rings (SSSR count). The Morgan fingerprint density at radius 3 is 2.48 bits per heavy atom. The number of aryl methyl sites for hydroxylation is 1. The second-order valence-corrected chi connectivity index (χ2v) is 15.9. The lowest BCUT2D eigenvalue weighted by Gasteiger charge is -2.36. The van der Waals surface area contributed by atoms with Gasteiger partial charge in [-0.3, -0.25) is 43.8 Å². The van der Waals surface area contributed by atoms with Crippen LogP contribution in [0.25, 0.3) is 11.2 Å². The quantitative estimate of drug-likeness (QED) is 0.0724. The topological polar surface area (TPSA) is 261 Å². The van der Waals surface area contributed by atoms with Crippen molar-refractivity contribution >= 4 is 64.0 Å². The molecule has 3 fully saturated rings. The molecule has 6 heterocycles. The number of piperidine rings is 2. The monoisotopic (exact) mass is 864 g/mol. The van der Waals surface area contributed by atoms with E-state index in [-0.39, 0.29) is 99.3 Å². The summed E-state index contributed by atoms with van der Waals surface area (Å²) in [4.78, 5) is 108. The van der Waals surface area contributed by atoms with E-state index in [1.54, 1.807) is 23.4 Å². The summed E-state index contributed by atoms with van der Waals surface area (Å²) in [6.07, 6.45) is 6.35. The number of hydrogen-bond acceptors (Lipinski definition) is 15. The van der Waals surface area contributed by atoms with Crippen molar-refractivity contribution in [3.05, 3.63) is 71.6 Å². The number of imidazole rings is 1. The molecule has 5 N–H and O–H groups in total. The predicted octanol–water partition coefficient (Wildman–Crippen LogP) is 0.729. The van der Waals surface area contributed by atoms with Crippen LogP contribution in [0.15, 0.2) is 49.1 Å². The van der Waals surface area contributed by atoms with E-state index in [4.69, 9.17) is 9.47 Å². The Bertz CT molecular complexity index is 2430. The van der Waals surface area contributed by atoms with Crippen LogP contribution in [0.1, 0.15) is 81.5 Å². The van der Waals surface area contributed by atoms with Gasteiger partial charge in [-0.15, -0.1) is 0 Å². The molecule has 3 aliphatic heterocycles. The molecule has 21 nitrogen and oxygen atoms in total. The summed E-state index contributed by atoms with van der Waals surface area (Å²) < 4.78 is 13.1. The van der Waals surface area contributed by atoms with E-state index in [1.165, 1.54) is 18.5 Å². The second-order valence-electron chi connectivity index (χ2n) is 15.9. The van der Waals surface area contributed by atoms with Crippen LogP contribution in [0.3, 0.4) is 0 Å². The molecule has 0 bridgehead atoms. The molecule has 1 saturated carbocycles. The van der Waals surface area contributed by atoms with Crippen LogP contribution in [0, 0.1) is 6.92 Å². The Morgan fingerprint density at radius 2 is 1.68 bits per heavy atom. The second kappa shape index (κ2) is 19.0. The zero-order chi connectivity index (χ0) is 44.0. The van der Waals surface area contributed by atoms with Crippen molar-refractivity contribution in [2.24, 2.45) is 0 Å². The molecule has 63 heavy (non-hydrogen) atoms. The molecule has 0 unspecified atom stereocenters. The van der Waals surface area contributed by atoms with Gasteiger partial charge in [-0.05, 0) is 69.4 Å². The Kier molecular flexibility index (Phi) is 12.9. The van der Waals surface area contributed by atoms with Crippen molar-refractivity contribution in [2.75, 3.05) is 63.2 Å². The molecule has 3 aromatic heterocycles. The van der Waals surface area contributed by atoms with E-state index in [1.807, 2.05) is 23.6 Å². The van der Waals surface area contributed by atoms with Gasteiger partial charge in [-0.25, -0.2) is 19.9 Å². The number of benzene rings is 1. The molecule has 0 radical (unpaired) electrons. The minimum Gasteiger partial charge on any atom is -0.377 e. The van der Waals surface area contributed by atoms with Gasteiger partial charge in [0.25, 0.3) is 17.7 Å². The van der Waals surface area contributed by atoms with E-state index in [0.717, 1.165) is 41.9 Å². The van der Waals surface area contributed by atoms with Gasteiger partial charge in [0.2, 0.25) is 23.6 Å². The molecule has 2 saturated heterocycles. The summed E-state index contributed by atoms with van der Waals surface area (Å²) >= 11 is 0. The number of fused-ring (bicyclic) bond motifs is 2. The molecule has 1 aliphatic carbocycles. The zero-order valence-corrected chi connectivity index (χ0v) is 34.6. The van der Waals surface area contributed by atoms with Crippen molar-refractivity contribution < 1.29 is 43.0 Å². The van der Waals surface area contributed by atoms with Crippen LogP contribution >= 0.6 is 0 Å². The maximum Gasteiger partial charge on any atom is 0.270 e. The molecular formula is C42H48N12O9. The van der Waals surface area contributed by atoms with Gasteiger partial charge in [0, 0.05) is 55.6 Å². The van der Waals surface area contributed by atoms with Crippen LogP contribution in [0.5, 0.6) is 0 Å². The lowest BCUT2D eigenvalue weighted by atomic mass is 9.86. The zero-order valence-electron chi connectivity index (χ0n) is 34.6. The fourth-order valence-electron chi connectivity index (χ4n) is 8.11. The minimum absolute atomic E-state index is 0.0284. The first-order valence-corrected chi connectivity index (χ1v) is 21.0. The highest BCUT2D eigenvalue weighted by Crippen LogP contribution is 2.35. The molecule has 1 atom stereocenters. The summed E-state index contributed by atoms with van der Waals surface area (Å²) in [5.74, 6) is -2.33. The van der Waals surface area contributed by atoms with Gasteiger partial charge in [0.05, 0.1) is 43.8 Å². The number of likely N-dealkylation sites (tertiary alicyclic amines) is 1. The fraction of sp³-hybridized carbons (Fsp3) is 0.452. The Morgan fingerprint density at radius 1 is 0.889 bits per heavy atom. The predicted molar refractivity (Wildman–Crippen MR) is 223 cm³/mol. The molecule has 4 aliphatic rings. The first kappa shape index (κ1) is 42.8. The smallest absolute Gasteiger partial charge is 0.270 e. The van der Waals surface area contributed by atoms with Crippen LogP contribution in [0.2, 0.25) is 0 Å². The summed E-state index contributed by atoms with van der Waals surface area (Å²) in [6.45, 7) is 3.71. The molecule has 4 aromatic rings. The van der Waals surface area contributed by atoms with Gasteiger partial charge >= 0.3 is 0 Å². The van der Waals surface area contributed by atoms with Crippen molar-refractivity contribution in [3.63, 3.8) is 0 Å². The summed E-state index contributed by atoms with van der Waals surface area (Å²) in [5.41, 5.74) is 3.31. The van der Waals surface area contributed by atoms with Crippen LogP contribution < -0.4 is 26.6 Å². The molecule has 330 valence electrons. The lowest BCUT2D eigenvalue weighted by molar-refractivity contribution is -0.138. The third-order valence-electron chi connectivity index (χ3n) is 11.6.